The Hall–Kier alpha value is -1.49. The molecule has 2 atom stereocenters. The number of nitrogens with zero attached hydrogens (tertiary/aromatic N) is 1. The predicted molar refractivity (Wildman–Crippen MR) is 105 cm³/mol. The van der Waals surface area contributed by atoms with E-state index in [1.54, 1.807) is 11.8 Å². The number of rotatable bonds is 3. The number of amides is 2. The van der Waals surface area contributed by atoms with Gasteiger partial charge >= 0.3 is 0 Å². The van der Waals surface area contributed by atoms with Gasteiger partial charge in [0, 0.05) is 11.7 Å². The number of benzene rings is 1. The maximum atomic E-state index is 13.0. The van der Waals surface area contributed by atoms with Crippen LogP contribution in [0, 0.1) is 5.92 Å². The van der Waals surface area contributed by atoms with Crippen LogP contribution in [-0.2, 0) is 15.0 Å². The van der Waals surface area contributed by atoms with E-state index in [0.29, 0.717) is 11.6 Å². The summed E-state index contributed by atoms with van der Waals surface area (Å²) < 4.78 is 0. The molecule has 2 amide bonds. The summed E-state index contributed by atoms with van der Waals surface area (Å²) in [6.45, 7) is 4.55. The third kappa shape index (κ3) is 3.15. The lowest BCUT2D eigenvalue weighted by atomic mass is 9.71. The molecule has 1 N–H and O–H groups in total. The first-order valence-corrected chi connectivity index (χ1v) is 10.9. The van der Waals surface area contributed by atoms with E-state index >= 15 is 0 Å². The number of fused-ring (bicyclic) bond motifs is 1. The Labute approximate surface area is 160 Å². The van der Waals surface area contributed by atoms with Gasteiger partial charge in [0.25, 0.3) is 0 Å². The van der Waals surface area contributed by atoms with Gasteiger partial charge in [-0.25, -0.2) is 0 Å². The SMILES string of the molecule is CC1(C)CC[C@@H](NC(=O)[C@H]2CSCN2C(=O)C2CCC2)c2ccccc21. The molecule has 2 aliphatic carbocycles. The molecule has 2 fully saturated rings. The Kier molecular flexibility index (Phi) is 4.76. The van der Waals surface area contributed by atoms with Crippen molar-refractivity contribution in [1.82, 2.24) is 10.2 Å². The van der Waals surface area contributed by atoms with Crippen molar-refractivity contribution >= 4 is 23.6 Å². The van der Waals surface area contributed by atoms with Gasteiger partial charge in [0.2, 0.25) is 11.8 Å². The molecule has 1 saturated heterocycles. The molecule has 0 aromatic heterocycles. The molecule has 0 spiro atoms. The lowest BCUT2D eigenvalue weighted by Gasteiger charge is -2.38. The van der Waals surface area contributed by atoms with E-state index in [2.05, 4.69) is 43.4 Å². The Morgan fingerprint density at radius 1 is 1.19 bits per heavy atom. The largest absolute Gasteiger partial charge is 0.347 e. The molecule has 1 saturated carbocycles. The molecule has 1 aliphatic heterocycles. The van der Waals surface area contributed by atoms with Gasteiger partial charge < -0.3 is 10.2 Å². The van der Waals surface area contributed by atoms with Gasteiger partial charge in [-0.05, 0) is 42.2 Å². The lowest BCUT2D eigenvalue weighted by molar-refractivity contribution is -0.143. The Morgan fingerprint density at radius 2 is 1.96 bits per heavy atom. The van der Waals surface area contributed by atoms with Crippen LogP contribution in [0.3, 0.4) is 0 Å². The Bertz CT molecular complexity index is 714. The van der Waals surface area contributed by atoms with Crippen molar-refractivity contribution in [3.63, 3.8) is 0 Å². The smallest absolute Gasteiger partial charge is 0.244 e. The van der Waals surface area contributed by atoms with Crippen LogP contribution in [0.2, 0.25) is 0 Å². The van der Waals surface area contributed by atoms with E-state index in [4.69, 9.17) is 0 Å². The van der Waals surface area contributed by atoms with Gasteiger partial charge in [0.05, 0.1) is 11.9 Å². The van der Waals surface area contributed by atoms with Crippen molar-refractivity contribution in [2.45, 2.75) is 63.5 Å². The lowest BCUT2D eigenvalue weighted by Crippen LogP contribution is -2.51. The van der Waals surface area contributed by atoms with Gasteiger partial charge in [-0.15, -0.1) is 11.8 Å². The van der Waals surface area contributed by atoms with Gasteiger partial charge in [0.1, 0.15) is 6.04 Å². The molecular weight excluding hydrogens is 344 g/mol. The normalized spacial score (nSPS) is 27.5. The van der Waals surface area contributed by atoms with Crippen LogP contribution in [0.5, 0.6) is 0 Å². The van der Waals surface area contributed by atoms with Crippen molar-refractivity contribution in [3.8, 4) is 0 Å². The highest BCUT2D eigenvalue weighted by atomic mass is 32.2. The van der Waals surface area contributed by atoms with E-state index in [1.165, 1.54) is 11.1 Å². The minimum atomic E-state index is -0.310. The number of thioether (sulfide) groups is 1. The molecule has 4 nitrogen and oxygen atoms in total. The maximum absolute atomic E-state index is 13.0. The minimum Gasteiger partial charge on any atom is -0.347 e. The van der Waals surface area contributed by atoms with Crippen LogP contribution in [0.1, 0.15) is 63.1 Å². The minimum absolute atomic E-state index is 0.0159. The van der Waals surface area contributed by atoms with Crippen LogP contribution in [0.25, 0.3) is 0 Å². The number of carbonyl (C=O) groups excluding carboxylic acids is 2. The van der Waals surface area contributed by atoms with Crippen LogP contribution < -0.4 is 5.32 Å². The zero-order chi connectivity index (χ0) is 18.3. The number of hydrogen-bond acceptors (Lipinski definition) is 3. The van der Waals surface area contributed by atoms with Crippen LogP contribution in [-0.4, -0.2) is 34.4 Å². The fraction of sp³-hybridized carbons (Fsp3) is 0.619. The molecule has 5 heteroatoms. The second-order valence-electron chi connectivity index (χ2n) is 8.52. The molecule has 3 aliphatic rings. The highest BCUT2D eigenvalue weighted by Crippen LogP contribution is 2.41. The number of nitrogens with one attached hydrogen (secondary N) is 1. The summed E-state index contributed by atoms with van der Waals surface area (Å²) in [7, 11) is 0. The molecule has 0 bridgehead atoms. The Morgan fingerprint density at radius 3 is 2.69 bits per heavy atom. The molecule has 0 radical (unpaired) electrons. The molecule has 1 aromatic carbocycles. The van der Waals surface area contributed by atoms with E-state index in [0.717, 1.165) is 32.1 Å². The van der Waals surface area contributed by atoms with Crippen molar-refractivity contribution < 1.29 is 9.59 Å². The zero-order valence-electron chi connectivity index (χ0n) is 15.7. The first kappa shape index (κ1) is 17.9. The average Bonchev–Trinajstić information content (AvgIpc) is 3.06. The fourth-order valence-electron chi connectivity index (χ4n) is 4.40. The highest BCUT2D eigenvalue weighted by Gasteiger charge is 2.40. The molecule has 4 rings (SSSR count). The molecule has 1 heterocycles. The van der Waals surface area contributed by atoms with Crippen molar-refractivity contribution in [2.75, 3.05) is 11.6 Å². The predicted octanol–water partition coefficient (Wildman–Crippen LogP) is 3.62. The van der Waals surface area contributed by atoms with Crippen LogP contribution in [0.15, 0.2) is 24.3 Å². The van der Waals surface area contributed by atoms with Gasteiger partial charge in [-0.3, -0.25) is 9.59 Å². The fourth-order valence-corrected chi connectivity index (χ4v) is 5.56. The van der Waals surface area contributed by atoms with Crippen LogP contribution >= 0.6 is 11.8 Å². The molecular formula is C21H28N2O2S. The second kappa shape index (κ2) is 6.91. The van der Waals surface area contributed by atoms with Crippen molar-refractivity contribution in [1.29, 1.82) is 0 Å². The number of hydrogen-bond donors (Lipinski definition) is 1. The highest BCUT2D eigenvalue weighted by molar-refractivity contribution is 7.99. The second-order valence-corrected chi connectivity index (χ2v) is 9.52. The van der Waals surface area contributed by atoms with Gasteiger partial charge in [-0.1, -0.05) is 44.5 Å². The van der Waals surface area contributed by atoms with Crippen molar-refractivity contribution in [3.05, 3.63) is 35.4 Å². The summed E-state index contributed by atoms with van der Waals surface area (Å²) in [6, 6.07) is 8.20. The zero-order valence-corrected chi connectivity index (χ0v) is 16.5. The summed E-state index contributed by atoms with van der Waals surface area (Å²) in [6.07, 6.45) is 5.12. The van der Waals surface area contributed by atoms with Gasteiger partial charge in [0.15, 0.2) is 0 Å². The van der Waals surface area contributed by atoms with E-state index in [9.17, 15) is 9.59 Å². The summed E-state index contributed by atoms with van der Waals surface area (Å²) in [5.74, 6) is 1.72. The first-order valence-electron chi connectivity index (χ1n) is 9.75. The van der Waals surface area contributed by atoms with Crippen LogP contribution in [0.4, 0.5) is 0 Å². The van der Waals surface area contributed by atoms with E-state index in [1.807, 2.05) is 4.90 Å². The number of carbonyl (C=O) groups is 2. The first-order chi connectivity index (χ1) is 12.5. The topological polar surface area (TPSA) is 49.4 Å². The van der Waals surface area contributed by atoms with E-state index < -0.39 is 0 Å². The molecule has 140 valence electrons. The van der Waals surface area contributed by atoms with E-state index in [-0.39, 0.29) is 35.2 Å². The summed E-state index contributed by atoms with van der Waals surface area (Å²) in [4.78, 5) is 27.5. The standard InChI is InChI=1S/C21H28N2O2S/c1-21(2)11-10-17(15-8-3-4-9-16(15)21)22-19(24)18-12-26-13-23(18)20(25)14-6-5-7-14/h3-4,8-9,14,17-18H,5-7,10-13H2,1-2H3,(H,22,24)/t17-,18-/m1/s1. The monoisotopic (exact) mass is 372 g/mol. The molecule has 1 aromatic rings. The van der Waals surface area contributed by atoms with Gasteiger partial charge in [-0.2, -0.15) is 0 Å². The molecule has 0 unspecified atom stereocenters. The third-order valence-corrected chi connectivity index (χ3v) is 7.37. The van der Waals surface area contributed by atoms with Crippen molar-refractivity contribution in [2.24, 2.45) is 5.92 Å². The summed E-state index contributed by atoms with van der Waals surface area (Å²) in [5, 5.41) is 3.27. The average molecular weight is 373 g/mol. The summed E-state index contributed by atoms with van der Waals surface area (Å²) >= 11 is 1.69. The Balaban J connectivity index is 1.48. The quantitative estimate of drug-likeness (QED) is 0.882. The summed E-state index contributed by atoms with van der Waals surface area (Å²) in [5.41, 5.74) is 2.71. The molecule has 26 heavy (non-hydrogen) atoms. The maximum Gasteiger partial charge on any atom is 0.244 e. The third-order valence-electron chi connectivity index (χ3n) is 6.36.